The van der Waals surface area contributed by atoms with Gasteiger partial charge in [0.05, 0.1) is 6.54 Å². The molecule has 0 radical (unpaired) electrons. The summed E-state index contributed by atoms with van der Waals surface area (Å²) in [6.07, 6.45) is 6.92. The van der Waals surface area contributed by atoms with Crippen LogP contribution < -0.4 is 5.32 Å². The first-order valence-electron chi connectivity index (χ1n) is 9.21. The number of hydrogen-bond acceptors (Lipinski definition) is 4. The van der Waals surface area contributed by atoms with E-state index in [9.17, 15) is 9.59 Å². The molecule has 0 spiro atoms. The van der Waals surface area contributed by atoms with Crippen LogP contribution in [0.15, 0.2) is 12.7 Å². The third-order valence-electron chi connectivity index (χ3n) is 6.37. The largest absolute Gasteiger partial charge is 0.461 e. The van der Waals surface area contributed by atoms with Gasteiger partial charge in [-0.15, -0.1) is 0 Å². The molecule has 4 rings (SSSR count). The van der Waals surface area contributed by atoms with E-state index in [1.54, 1.807) is 0 Å². The summed E-state index contributed by atoms with van der Waals surface area (Å²) >= 11 is 0. The Hall–Kier alpha value is -1.52. The van der Waals surface area contributed by atoms with Gasteiger partial charge in [-0.2, -0.15) is 0 Å². The predicted octanol–water partition coefficient (Wildman–Crippen LogP) is 3.29. The van der Waals surface area contributed by atoms with Gasteiger partial charge in [-0.25, -0.2) is 9.59 Å². The highest BCUT2D eigenvalue weighted by atomic mass is 16.6. The average Bonchev–Trinajstić information content (AvgIpc) is 2.53. The summed E-state index contributed by atoms with van der Waals surface area (Å²) in [5.41, 5.74) is -0.324. The van der Waals surface area contributed by atoms with E-state index in [4.69, 9.17) is 9.47 Å². The maximum absolute atomic E-state index is 12.4. The lowest BCUT2D eigenvalue weighted by Gasteiger charge is -2.61. The lowest BCUT2D eigenvalue weighted by Crippen LogP contribution is -2.63. The molecule has 1 amide bonds. The van der Waals surface area contributed by atoms with Gasteiger partial charge in [-0.3, -0.25) is 0 Å². The maximum atomic E-state index is 12.4. The fraction of sp³-hybridized carbons (Fsp3) is 0.789. The number of hydrogen-bond donors (Lipinski definition) is 1. The molecular weight excluding hydrogens is 306 g/mol. The first kappa shape index (κ1) is 17.3. The molecule has 0 heterocycles. The van der Waals surface area contributed by atoms with Crippen molar-refractivity contribution >= 4 is 12.1 Å². The summed E-state index contributed by atoms with van der Waals surface area (Å²) < 4.78 is 11.0. The summed E-state index contributed by atoms with van der Waals surface area (Å²) in [7, 11) is 0. The van der Waals surface area contributed by atoms with Gasteiger partial charge in [0, 0.05) is 6.08 Å². The minimum absolute atomic E-state index is 0.131. The maximum Gasteiger partial charge on any atom is 0.407 e. The van der Waals surface area contributed by atoms with Gasteiger partial charge in [0.1, 0.15) is 12.2 Å². The van der Waals surface area contributed by atoms with Crippen molar-refractivity contribution in [3.8, 4) is 0 Å². The number of carbonyl (C=O) groups excluding carboxylic acids is 2. The van der Waals surface area contributed by atoms with Gasteiger partial charge >= 0.3 is 12.1 Å². The highest BCUT2D eigenvalue weighted by molar-refractivity contribution is 5.81. The monoisotopic (exact) mass is 335 g/mol. The summed E-state index contributed by atoms with van der Waals surface area (Å²) in [5, 5.41) is 2.73. The molecule has 0 aliphatic heterocycles. The first-order valence-corrected chi connectivity index (χ1v) is 9.21. The van der Waals surface area contributed by atoms with E-state index in [-0.39, 0.29) is 24.8 Å². The third kappa shape index (κ3) is 3.05. The van der Waals surface area contributed by atoms with Crippen LogP contribution in [0.3, 0.4) is 0 Å². The fourth-order valence-corrected chi connectivity index (χ4v) is 5.71. The van der Waals surface area contributed by atoms with Crippen molar-refractivity contribution in [1.29, 1.82) is 0 Å². The fourth-order valence-electron chi connectivity index (χ4n) is 5.71. The van der Waals surface area contributed by atoms with Crippen LogP contribution in [0.25, 0.3) is 0 Å². The Balaban J connectivity index is 1.59. The smallest absolute Gasteiger partial charge is 0.407 e. The van der Waals surface area contributed by atoms with Crippen LogP contribution >= 0.6 is 0 Å². The lowest BCUT2D eigenvalue weighted by molar-refractivity contribution is -0.195. The lowest BCUT2D eigenvalue weighted by atomic mass is 9.47. The number of esters is 1. The van der Waals surface area contributed by atoms with Crippen LogP contribution in [0.1, 0.15) is 46.0 Å². The average molecular weight is 335 g/mol. The van der Waals surface area contributed by atoms with E-state index >= 15 is 0 Å². The molecule has 0 aromatic rings. The van der Waals surface area contributed by atoms with Gasteiger partial charge < -0.3 is 14.8 Å². The molecule has 4 aliphatic rings. The van der Waals surface area contributed by atoms with Crippen molar-refractivity contribution in [2.45, 2.75) is 51.6 Å². The molecule has 4 aliphatic carbocycles. The number of carbonyl (C=O) groups is 2. The van der Waals surface area contributed by atoms with Gasteiger partial charge in [-0.1, -0.05) is 20.4 Å². The molecule has 0 aromatic heterocycles. The summed E-state index contributed by atoms with van der Waals surface area (Å²) in [5.74, 6) is 2.51. The SMILES string of the molecule is C=CC(=O)OCCNC(=O)OC1(C(C)C)C2CC3CC(C2)CC1C3. The zero-order chi connectivity index (χ0) is 17.3. The quantitative estimate of drug-likeness (QED) is 0.459. The Morgan fingerprint density at radius 3 is 2.25 bits per heavy atom. The number of amides is 1. The molecule has 0 unspecified atom stereocenters. The van der Waals surface area contributed by atoms with Crippen molar-refractivity contribution in [3.05, 3.63) is 12.7 Å². The molecule has 5 heteroatoms. The van der Waals surface area contributed by atoms with Gasteiger partial charge in [0.2, 0.25) is 0 Å². The normalized spacial score (nSPS) is 36.5. The topological polar surface area (TPSA) is 64.6 Å². The molecule has 4 saturated carbocycles. The minimum Gasteiger partial charge on any atom is -0.461 e. The van der Waals surface area contributed by atoms with E-state index in [1.165, 1.54) is 32.1 Å². The van der Waals surface area contributed by atoms with Crippen molar-refractivity contribution in [2.24, 2.45) is 29.6 Å². The molecule has 1 N–H and O–H groups in total. The van der Waals surface area contributed by atoms with E-state index in [0.29, 0.717) is 17.8 Å². The Bertz CT molecular complexity index is 485. The molecule has 5 nitrogen and oxygen atoms in total. The van der Waals surface area contributed by atoms with Crippen LogP contribution in [0, 0.1) is 29.6 Å². The van der Waals surface area contributed by atoms with E-state index < -0.39 is 5.97 Å². The molecule has 134 valence electrons. The molecule has 0 aromatic carbocycles. The highest BCUT2D eigenvalue weighted by Gasteiger charge is 2.60. The van der Waals surface area contributed by atoms with Crippen LogP contribution in [0.4, 0.5) is 4.79 Å². The summed E-state index contributed by atoms with van der Waals surface area (Å²) in [6, 6.07) is 0. The van der Waals surface area contributed by atoms with Gasteiger partial charge in [-0.05, 0) is 61.7 Å². The first-order chi connectivity index (χ1) is 11.5. The van der Waals surface area contributed by atoms with Crippen molar-refractivity contribution in [2.75, 3.05) is 13.2 Å². The van der Waals surface area contributed by atoms with Crippen molar-refractivity contribution in [1.82, 2.24) is 5.32 Å². The minimum atomic E-state index is -0.482. The number of nitrogens with one attached hydrogen (secondary N) is 1. The summed E-state index contributed by atoms with van der Waals surface area (Å²) in [4.78, 5) is 23.4. The molecule has 4 fully saturated rings. The second kappa shape index (κ2) is 6.77. The Kier molecular flexibility index (Phi) is 4.88. The number of ether oxygens (including phenoxy) is 2. The Morgan fingerprint density at radius 1 is 1.17 bits per heavy atom. The second-order valence-electron chi connectivity index (χ2n) is 8.00. The van der Waals surface area contributed by atoms with E-state index in [0.717, 1.165) is 17.9 Å². The third-order valence-corrected chi connectivity index (χ3v) is 6.37. The molecule has 0 saturated heterocycles. The van der Waals surface area contributed by atoms with Crippen LogP contribution in [-0.2, 0) is 14.3 Å². The van der Waals surface area contributed by atoms with Crippen LogP contribution in [-0.4, -0.2) is 30.8 Å². The molecule has 24 heavy (non-hydrogen) atoms. The van der Waals surface area contributed by atoms with Crippen LogP contribution in [0.2, 0.25) is 0 Å². The van der Waals surface area contributed by atoms with Gasteiger partial charge in [0.15, 0.2) is 0 Å². The molecule has 0 atom stereocenters. The van der Waals surface area contributed by atoms with E-state index in [2.05, 4.69) is 25.7 Å². The Labute approximate surface area is 144 Å². The second-order valence-corrected chi connectivity index (χ2v) is 8.00. The summed E-state index contributed by atoms with van der Waals surface area (Å²) in [6.45, 7) is 8.09. The zero-order valence-electron chi connectivity index (χ0n) is 14.8. The molecule has 4 bridgehead atoms. The highest BCUT2D eigenvalue weighted by Crippen LogP contribution is 2.61. The zero-order valence-corrected chi connectivity index (χ0v) is 14.8. The predicted molar refractivity (Wildman–Crippen MR) is 90.3 cm³/mol. The van der Waals surface area contributed by atoms with Crippen LogP contribution in [0.5, 0.6) is 0 Å². The number of alkyl carbamates (subject to hydrolysis) is 1. The van der Waals surface area contributed by atoms with Crippen molar-refractivity contribution in [3.63, 3.8) is 0 Å². The number of rotatable bonds is 6. The Morgan fingerprint density at radius 2 is 1.75 bits per heavy atom. The van der Waals surface area contributed by atoms with E-state index in [1.807, 2.05) is 0 Å². The standard InChI is InChI=1S/C19H29NO4/c1-4-17(21)23-6-5-20-18(22)24-19(12(2)3)15-8-13-7-14(10-15)11-16(19)9-13/h4,12-16H,1,5-11H2,2-3H3,(H,20,22). The van der Waals surface area contributed by atoms with Crippen molar-refractivity contribution < 1.29 is 19.1 Å². The molecular formula is C19H29NO4. The van der Waals surface area contributed by atoms with Gasteiger partial charge in [0.25, 0.3) is 0 Å².